The standard InChI is InChI=1S/C31H49N3O5/c1-19(2)25(24(8-7-15-39-6)22-10-9-21-13-14-32-27(21)16-22)17-28(33-31(37)38)29(35)18-26(20(3)4)30(36)34(5)23-11-12-23/h9-10,13-14,16,19-20,23-26,28-29,32-33,35H,7-8,11-12,15,17-18H2,1-6H3,(H,37,38)/t24-,25?,26+,28+,29+/m1/s1. The fraction of sp³-hybridized carbons (Fsp3) is 0.677. The summed E-state index contributed by atoms with van der Waals surface area (Å²) in [7, 11) is 3.55. The maximum Gasteiger partial charge on any atom is 0.404 e. The average molecular weight is 544 g/mol. The van der Waals surface area contributed by atoms with Gasteiger partial charge in [-0.2, -0.15) is 0 Å². The Morgan fingerprint density at radius 1 is 1.13 bits per heavy atom. The molecule has 218 valence electrons. The lowest BCUT2D eigenvalue weighted by molar-refractivity contribution is -0.137. The Hall–Kier alpha value is -2.58. The zero-order valence-corrected chi connectivity index (χ0v) is 24.5. The minimum absolute atomic E-state index is 0.0361. The lowest BCUT2D eigenvalue weighted by Crippen LogP contribution is -2.47. The third-order valence-electron chi connectivity index (χ3n) is 8.60. The Labute approximate surface area is 233 Å². The number of carbonyl (C=O) groups is 2. The first kappa shape index (κ1) is 31.0. The molecule has 2 amide bonds. The lowest BCUT2D eigenvalue weighted by Gasteiger charge is -2.36. The minimum atomic E-state index is -1.16. The van der Waals surface area contributed by atoms with Crippen molar-refractivity contribution in [3.63, 3.8) is 0 Å². The van der Waals surface area contributed by atoms with Gasteiger partial charge in [0, 0.05) is 44.4 Å². The molecule has 1 aliphatic carbocycles. The molecule has 1 unspecified atom stereocenters. The molecule has 2 aromatic rings. The summed E-state index contributed by atoms with van der Waals surface area (Å²) in [5, 5.41) is 24.9. The number of rotatable bonds is 16. The number of benzene rings is 1. The first-order valence-electron chi connectivity index (χ1n) is 14.5. The van der Waals surface area contributed by atoms with Crippen LogP contribution in [0, 0.1) is 23.7 Å². The van der Waals surface area contributed by atoms with Crippen LogP contribution in [0.3, 0.4) is 0 Å². The summed E-state index contributed by atoms with van der Waals surface area (Å²) in [6.45, 7) is 8.97. The van der Waals surface area contributed by atoms with Crippen molar-refractivity contribution >= 4 is 22.9 Å². The summed E-state index contributed by atoms with van der Waals surface area (Å²) in [4.78, 5) is 30.3. The second-order valence-electron chi connectivity index (χ2n) is 12.1. The van der Waals surface area contributed by atoms with Gasteiger partial charge >= 0.3 is 6.09 Å². The van der Waals surface area contributed by atoms with Crippen LogP contribution >= 0.6 is 0 Å². The fourth-order valence-electron chi connectivity index (χ4n) is 6.02. The van der Waals surface area contributed by atoms with Crippen molar-refractivity contribution < 1.29 is 24.5 Å². The number of hydrogen-bond acceptors (Lipinski definition) is 4. The van der Waals surface area contributed by atoms with E-state index < -0.39 is 18.2 Å². The van der Waals surface area contributed by atoms with Crippen molar-refractivity contribution in [3.8, 4) is 0 Å². The first-order valence-corrected chi connectivity index (χ1v) is 14.5. The van der Waals surface area contributed by atoms with Crippen molar-refractivity contribution in [1.29, 1.82) is 0 Å². The Morgan fingerprint density at radius 2 is 1.85 bits per heavy atom. The molecule has 3 rings (SSSR count). The number of hydrogen-bond donors (Lipinski definition) is 4. The van der Waals surface area contributed by atoms with Gasteiger partial charge in [0.15, 0.2) is 0 Å². The van der Waals surface area contributed by atoms with Gasteiger partial charge in [0.2, 0.25) is 5.91 Å². The third-order valence-corrected chi connectivity index (χ3v) is 8.60. The molecule has 0 bridgehead atoms. The van der Waals surface area contributed by atoms with Crippen LogP contribution in [0.2, 0.25) is 0 Å². The maximum atomic E-state index is 13.3. The van der Waals surface area contributed by atoms with Gasteiger partial charge in [0.05, 0.1) is 12.1 Å². The van der Waals surface area contributed by atoms with E-state index in [0.29, 0.717) is 19.1 Å². The second-order valence-corrected chi connectivity index (χ2v) is 12.1. The lowest BCUT2D eigenvalue weighted by atomic mass is 9.72. The topological polar surface area (TPSA) is 115 Å². The number of carbonyl (C=O) groups excluding carboxylic acids is 1. The molecule has 0 aliphatic heterocycles. The molecule has 1 saturated carbocycles. The number of nitrogens with zero attached hydrogens (tertiary/aromatic N) is 1. The zero-order valence-electron chi connectivity index (χ0n) is 24.5. The molecule has 8 heteroatoms. The van der Waals surface area contributed by atoms with Crippen molar-refractivity contribution in [1.82, 2.24) is 15.2 Å². The van der Waals surface area contributed by atoms with E-state index in [0.717, 1.165) is 36.6 Å². The number of methoxy groups -OCH3 is 1. The highest BCUT2D eigenvalue weighted by Gasteiger charge is 2.38. The fourth-order valence-corrected chi connectivity index (χ4v) is 6.02. The number of aliphatic hydroxyl groups excluding tert-OH is 1. The highest BCUT2D eigenvalue weighted by atomic mass is 16.5. The number of amides is 2. The predicted molar refractivity (Wildman–Crippen MR) is 155 cm³/mol. The Kier molecular flexibility index (Phi) is 11.2. The van der Waals surface area contributed by atoms with Gasteiger partial charge in [-0.15, -0.1) is 0 Å². The van der Waals surface area contributed by atoms with Crippen molar-refractivity contribution in [2.24, 2.45) is 23.7 Å². The smallest absolute Gasteiger partial charge is 0.404 e. The number of nitrogens with one attached hydrogen (secondary N) is 2. The number of fused-ring (bicyclic) bond motifs is 1. The summed E-state index contributed by atoms with van der Waals surface area (Å²) in [5.74, 6) is 0.205. The molecule has 1 heterocycles. The van der Waals surface area contributed by atoms with E-state index in [4.69, 9.17) is 4.74 Å². The quantitative estimate of drug-likeness (QED) is 0.205. The van der Waals surface area contributed by atoms with Gasteiger partial charge in [0.1, 0.15) is 0 Å². The molecule has 0 spiro atoms. The molecule has 1 aliphatic rings. The Balaban J connectivity index is 1.86. The highest BCUT2D eigenvalue weighted by Crippen LogP contribution is 2.39. The van der Waals surface area contributed by atoms with Crippen molar-refractivity contribution in [2.45, 2.75) is 90.3 Å². The van der Waals surface area contributed by atoms with Crippen LogP contribution in [0.25, 0.3) is 10.9 Å². The largest absolute Gasteiger partial charge is 0.465 e. The molecule has 39 heavy (non-hydrogen) atoms. The van der Waals surface area contributed by atoms with Gasteiger partial charge < -0.3 is 30.2 Å². The molecular weight excluding hydrogens is 494 g/mol. The summed E-state index contributed by atoms with van der Waals surface area (Å²) in [5.41, 5.74) is 2.27. The van der Waals surface area contributed by atoms with E-state index in [1.165, 1.54) is 5.56 Å². The van der Waals surface area contributed by atoms with Crippen molar-refractivity contribution in [3.05, 3.63) is 36.0 Å². The molecule has 4 N–H and O–H groups in total. The second kappa shape index (κ2) is 14.2. The molecule has 5 atom stereocenters. The van der Waals surface area contributed by atoms with Crippen LogP contribution in [0.15, 0.2) is 30.5 Å². The van der Waals surface area contributed by atoms with Crippen LogP contribution < -0.4 is 5.32 Å². The Bertz CT molecular complexity index is 1060. The molecule has 1 aromatic heterocycles. The predicted octanol–water partition coefficient (Wildman–Crippen LogP) is 5.62. The number of carboxylic acid groups (broad SMARTS) is 1. The number of ether oxygens (including phenoxy) is 1. The van der Waals surface area contributed by atoms with Crippen LogP contribution in [0.5, 0.6) is 0 Å². The number of aliphatic hydroxyl groups is 1. The molecule has 8 nitrogen and oxygen atoms in total. The monoisotopic (exact) mass is 543 g/mol. The van der Waals surface area contributed by atoms with Crippen LogP contribution in [0.4, 0.5) is 4.79 Å². The molecule has 0 radical (unpaired) electrons. The van der Waals surface area contributed by atoms with E-state index in [-0.39, 0.29) is 41.9 Å². The number of aromatic nitrogens is 1. The average Bonchev–Trinajstić information content (AvgIpc) is 3.63. The van der Waals surface area contributed by atoms with Crippen molar-refractivity contribution in [2.75, 3.05) is 20.8 Å². The van der Waals surface area contributed by atoms with Crippen LogP contribution in [-0.4, -0.2) is 71.0 Å². The SMILES string of the molecule is COCCC[C@H](c1ccc2cc[nH]c2c1)C(C[C@H](NC(=O)O)[C@@H](O)C[C@H](C(=O)N(C)C1CC1)C(C)C)C(C)C. The van der Waals surface area contributed by atoms with E-state index in [2.05, 4.69) is 48.4 Å². The van der Waals surface area contributed by atoms with Gasteiger partial charge in [0.25, 0.3) is 0 Å². The summed E-state index contributed by atoms with van der Waals surface area (Å²) >= 11 is 0. The van der Waals surface area contributed by atoms with E-state index in [9.17, 15) is 19.8 Å². The summed E-state index contributed by atoms with van der Waals surface area (Å²) < 4.78 is 5.35. The van der Waals surface area contributed by atoms with Gasteiger partial charge in [-0.3, -0.25) is 4.79 Å². The normalized spacial score (nSPS) is 17.7. The summed E-state index contributed by atoms with van der Waals surface area (Å²) in [6.07, 6.45) is 4.31. The zero-order chi connectivity index (χ0) is 28.7. The molecule has 1 aromatic carbocycles. The van der Waals surface area contributed by atoms with Gasteiger partial charge in [-0.25, -0.2) is 4.79 Å². The molecule has 0 saturated heterocycles. The van der Waals surface area contributed by atoms with E-state index in [1.54, 1.807) is 7.11 Å². The van der Waals surface area contributed by atoms with E-state index >= 15 is 0 Å². The first-order chi connectivity index (χ1) is 18.5. The van der Waals surface area contributed by atoms with Crippen LogP contribution in [0.1, 0.15) is 77.7 Å². The maximum absolute atomic E-state index is 13.3. The minimum Gasteiger partial charge on any atom is -0.465 e. The van der Waals surface area contributed by atoms with Gasteiger partial charge in [-0.1, -0.05) is 39.8 Å². The molecular formula is C31H49N3O5. The van der Waals surface area contributed by atoms with Gasteiger partial charge in [-0.05, 0) is 85.3 Å². The third kappa shape index (κ3) is 8.45. The molecule has 1 fully saturated rings. The number of H-pyrrole nitrogens is 1. The van der Waals surface area contributed by atoms with E-state index in [1.807, 2.05) is 32.0 Å². The summed E-state index contributed by atoms with van der Waals surface area (Å²) in [6, 6.07) is 8.14. The number of aromatic amines is 1. The Morgan fingerprint density at radius 3 is 2.44 bits per heavy atom. The van der Waals surface area contributed by atoms with Crippen LogP contribution in [-0.2, 0) is 9.53 Å². The highest BCUT2D eigenvalue weighted by molar-refractivity contribution is 5.80.